The quantitative estimate of drug-likeness (QED) is 0.612. The number of hydrogen-bond acceptors (Lipinski definition) is 3. The summed E-state index contributed by atoms with van der Waals surface area (Å²) in [5.74, 6) is 4.34. The summed E-state index contributed by atoms with van der Waals surface area (Å²) in [6.07, 6.45) is 5.05. The first-order chi connectivity index (χ1) is 12.2. The molecule has 128 valence electrons. The van der Waals surface area contributed by atoms with Crippen LogP contribution in [0.1, 0.15) is 12.5 Å². The van der Waals surface area contributed by atoms with Crippen molar-refractivity contribution in [2.45, 2.75) is 13.2 Å². The van der Waals surface area contributed by atoms with Gasteiger partial charge in [-0.3, -0.25) is 4.98 Å². The van der Waals surface area contributed by atoms with Gasteiger partial charge in [-0.2, -0.15) is 0 Å². The number of ether oxygens (including phenoxy) is 2. The van der Waals surface area contributed by atoms with Crippen LogP contribution < -0.4 is 0 Å². The highest BCUT2D eigenvalue weighted by Crippen LogP contribution is 2.19. The summed E-state index contributed by atoms with van der Waals surface area (Å²) in [4.78, 5) is 4.24. The molecule has 25 heavy (non-hydrogen) atoms. The van der Waals surface area contributed by atoms with E-state index in [2.05, 4.69) is 16.8 Å². The van der Waals surface area contributed by atoms with Gasteiger partial charge in [-0.25, -0.2) is 8.78 Å². The molecule has 1 aromatic heterocycles. The van der Waals surface area contributed by atoms with Gasteiger partial charge in [-0.1, -0.05) is 18.1 Å². The van der Waals surface area contributed by atoms with Crippen molar-refractivity contribution in [3.63, 3.8) is 0 Å². The number of benzene rings is 1. The Kier molecular flexibility index (Phi) is 5.54. The molecule has 1 fully saturated rings. The van der Waals surface area contributed by atoms with Crippen LogP contribution in [0.25, 0.3) is 11.3 Å². The van der Waals surface area contributed by atoms with E-state index in [4.69, 9.17) is 9.47 Å². The molecule has 3 rings (SSSR count). The van der Waals surface area contributed by atoms with Gasteiger partial charge in [0.15, 0.2) is 11.6 Å². The molecule has 0 spiro atoms. The van der Waals surface area contributed by atoms with Crippen molar-refractivity contribution in [1.29, 1.82) is 0 Å². The molecular weight excluding hydrogens is 324 g/mol. The molecule has 0 atom stereocenters. The number of allylic oxidation sites excluding steroid dienone is 1. The molecule has 1 saturated heterocycles. The van der Waals surface area contributed by atoms with Crippen molar-refractivity contribution in [3.8, 4) is 23.1 Å². The lowest BCUT2D eigenvalue weighted by Crippen LogP contribution is -2.30. The molecule has 0 unspecified atom stereocenters. The monoisotopic (exact) mass is 341 g/mol. The lowest BCUT2D eigenvalue weighted by molar-refractivity contribution is -0.160. The average Bonchev–Trinajstić information content (AvgIpc) is 2.64. The summed E-state index contributed by atoms with van der Waals surface area (Å²) >= 11 is 0. The molecule has 0 aliphatic carbocycles. The van der Waals surface area contributed by atoms with E-state index >= 15 is 0 Å². The number of rotatable bonds is 2. The Morgan fingerprint density at radius 2 is 1.92 bits per heavy atom. The second-order valence-corrected chi connectivity index (χ2v) is 5.61. The minimum atomic E-state index is -0.897. The van der Waals surface area contributed by atoms with Gasteiger partial charge in [0.2, 0.25) is 6.29 Å². The lowest BCUT2D eigenvalue weighted by Gasteiger charge is -2.24. The van der Waals surface area contributed by atoms with E-state index in [9.17, 15) is 8.78 Å². The SMILES string of the molecule is CC=C[C@H]1CO[C@H](C#Cc2ccc(-c3ccc(F)c(F)c3)nc2)OC1. The normalized spacial score (nSPS) is 20.3. The van der Waals surface area contributed by atoms with E-state index in [-0.39, 0.29) is 5.92 Å². The number of halogens is 2. The second-order valence-electron chi connectivity index (χ2n) is 5.61. The number of aromatic nitrogens is 1. The highest BCUT2D eigenvalue weighted by molar-refractivity contribution is 5.59. The molecule has 0 amide bonds. The maximum absolute atomic E-state index is 13.3. The van der Waals surface area contributed by atoms with Crippen LogP contribution >= 0.6 is 0 Å². The highest BCUT2D eigenvalue weighted by atomic mass is 19.2. The van der Waals surface area contributed by atoms with Crippen LogP contribution in [0.5, 0.6) is 0 Å². The topological polar surface area (TPSA) is 31.4 Å². The average molecular weight is 341 g/mol. The Hall–Kier alpha value is -2.55. The van der Waals surface area contributed by atoms with Gasteiger partial charge in [-0.15, -0.1) is 0 Å². The van der Waals surface area contributed by atoms with E-state index in [1.54, 1.807) is 18.3 Å². The van der Waals surface area contributed by atoms with E-state index in [1.165, 1.54) is 6.07 Å². The van der Waals surface area contributed by atoms with Gasteiger partial charge in [0.1, 0.15) is 0 Å². The van der Waals surface area contributed by atoms with E-state index in [0.29, 0.717) is 30.0 Å². The molecule has 1 aromatic carbocycles. The summed E-state index contributed by atoms with van der Waals surface area (Å²) in [6.45, 7) is 3.12. The van der Waals surface area contributed by atoms with Gasteiger partial charge in [0.05, 0.1) is 18.9 Å². The zero-order valence-corrected chi connectivity index (χ0v) is 13.7. The lowest BCUT2D eigenvalue weighted by atomic mass is 10.1. The summed E-state index contributed by atoms with van der Waals surface area (Å²) in [6, 6.07) is 7.16. The highest BCUT2D eigenvalue weighted by Gasteiger charge is 2.18. The van der Waals surface area contributed by atoms with Crippen LogP contribution in [0, 0.1) is 29.4 Å². The third-order valence-electron chi connectivity index (χ3n) is 3.70. The molecule has 0 N–H and O–H groups in total. The minimum Gasteiger partial charge on any atom is -0.341 e. The molecule has 1 aliphatic heterocycles. The fourth-order valence-electron chi connectivity index (χ4n) is 2.42. The maximum atomic E-state index is 13.3. The first-order valence-corrected chi connectivity index (χ1v) is 7.95. The summed E-state index contributed by atoms with van der Waals surface area (Å²) in [5.41, 5.74) is 1.74. The minimum absolute atomic E-state index is 0.264. The van der Waals surface area contributed by atoms with Gasteiger partial charge in [0, 0.05) is 23.2 Å². The van der Waals surface area contributed by atoms with E-state index in [1.807, 2.05) is 19.1 Å². The summed E-state index contributed by atoms with van der Waals surface area (Å²) in [7, 11) is 0. The number of pyridine rings is 1. The molecular formula is C20H17F2NO2. The predicted octanol–water partition coefficient (Wildman–Crippen LogP) is 3.94. The van der Waals surface area contributed by atoms with Crippen LogP contribution in [0.4, 0.5) is 8.78 Å². The van der Waals surface area contributed by atoms with Crippen LogP contribution in [-0.2, 0) is 9.47 Å². The molecule has 5 heteroatoms. The van der Waals surface area contributed by atoms with Crippen LogP contribution in [-0.4, -0.2) is 24.5 Å². The fraction of sp³-hybridized carbons (Fsp3) is 0.250. The fourth-order valence-corrected chi connectivity index (χ4v) is 2.42. The van der Waals surface area contributed by atoms with E-state index < -0.39 is 17.9 Å². The summed E-state index contributed by atoms with van der Waals surface area (Å²) in [5, 5.41) is 0. The zero-order valence-electron chi connectivity index (χ0n) is 13.7. The Labute approximate surface area is 145 Å². The van der Waals surface area contributed by atoms with Gasteiger partial charge in [-0.05, 0) is 43.2 Å². The van der Waals surface area contributed by atoms with Crippen molar-refractivity contribution in [3.05, 3.63) is 65.9 Å². The largest absolute Gasteiger partial charge is 0.341 e. The van der Waals surface area contributed by atoms with Gasteiger partial charge >= 0.3 is 0 Å². The molecule has 0 bridgehead atoms. The zero-order chi connectivity index (χ0) is 17.6. The molecule has 1 aliphatic rings. The first kappa shape index (κ1) is 17.3. The van der Waals surface area contributed by atoms with Crippen molar-refractivity contribution in [2.75, 3.05) is 13.2 Å². The van der Waals surface area contributed by atoms with Crippen molar-refractivity contribution < 1.29 is 18.3 Å². The van der Waals surface area contributed by atoms with Gasteiger partial charge in [0.25, 0.3) is 0 Å². The van der Waals surface area contributed by atoms with Crippen molar-refractivity contribution in [1.82, 2.24) is 4.98 Å². The Morgan fingerprint density at radius 1 is 1.12 bits per heavy atom. The second kappa shape index (κ2) is 8.02. The van der Waals surface area contributed by atoms with E-state index in [0.717, 1.165) is 12.1 Å². The first-order valence-electron chi connectivity index (χ1n) is 7.95. The molecule has 3 nitrogen and oxygen atoms in total. The van der Waals surface area contributed by atoms with Gasteiger partial charge < -0.3 is 9.47 Å². The Morgan fingerprint density at radius 3 is 2.56 bits per heavy atom. The Bertz CT molecular complexity index is 814. The molecule has 2 heterocycles. The Balaban J connectivity index is 1.65. The van der Waals surface area contributed by atoms with Crippen LogP contribution in [0.3, 0.4) is 0 Å². The third-order valence-corrected chi connectivity index (χ3v) is 3.70. The summed E-state index contributed by atoms with van der Waals surface area (Å²) < 4.78 is 37.3. The number of hydrogen-bond donors (Lipinski definition) is 0. The molecule has 0 radical (unpaired) electrons. The molecule has 0 saturated carbocycles. The smallest absolute Gasteiger partial charge is 0.222 e. The number of nitrogens with zero attached hydrogens (tertiary/aromatic N) is 1. The third kappa shape index (κ3) is 4.50. The van der Waals surface area contributed by atoms with Crippen LogP contribution in [0.15, 0.2) is 48.7 Å². The predicted molar refractivity (Wildman–Crippen MR) is 90.5 cm³/mol. The maximum Gasteiger partial charge on any atom is 0.222 e. The van der Waals surface area contributed by atoms with Crippen molar-refractivity contribution >= 4 is 0 Å². The van der Waals surface area contributed by atoms with Crippen molar-refractivity contribution in [2.24, 2.45) is 5.92 Å². The standard InChI is InChI=1S/C20H17F2NO2/c1-2-3-15-12-24-20(25-13-15)9-5-14-4-8-19(23-11-14)16-6-7-17(21)18(22)10-16/h2-4,6-8,10-11,15,20H,12-13H2,1H3/t15-,20-. The molecule has 2 aromatic rings. The van der Waals surface area contributed by atoms with Crippen LogP contribution in [0.2, 0.25) is 0 Å².